The molecule has 0 atom stereocenters. The van der Waals surface area contributed by atoms with E-state index in [4.69, 9.17) is 0 Å². The molecule has 146 valence electrons. The van der Waals surface area contributed by atoms with Crippen molar-refractivity contribution < 1.29 is 27.8 Å². The number of rotatable bonds is 2. The van der Waals surface area contributed by atoms with Gasteiger partial charge < -0.3 is 24.6 Å². The highest BCUT2D eigenvalue weighted by atomic mass is 19.3. The van der Waals surface area contributed by atoms with Crippen molar-refractivity contribution in [3.8, 4) is 11.5 Å². The third-order valence-corrected chi connectivity index (χ3v) is 5.18. The summed E-state index contributed by atoms with van der Waals surface area (Å²) in [6.07, 6.45) is -0.431. The third kappa shape index (κ3) is 3.77. The Morgan fingerprint density at radius 1 is 1.00 bits per heavy atom. The van der Waals surface area contributed by atoms with E-state index < -0.39 is 6.29 Å². The van der Waals surface area contributed by atoms with Crippen molar-refractivity contribution in [2.45, 2.75) is 32.0 Å². The summed E-state index contributed by atoms with van der Waals surface area (Å²) >= 11 is 0. The summed E-state index contributed by atoms with van der Waals surface area (Å²) in [6.45, 7) is 2.70. The van der Waals surface area contributed by atoms with Gasteiger partial charge in [-0.15, -0.1) is 8.78 Å². The van der Waals surface area contributed by atoms with E-state index in [1.165, 1.54) is 18.2 Å². The van der Waals surface area contributed by atoms with Gasteiger partial charge >= 0.3 is 12.3 Å². The van der Waals surface area contributed by atoms with E-state index in [1.54, 1.807) is 4.90 Å². The van der Waals surface area contributed by atoms with Gasteiger partial charge in [0.25, 0.3) is 0 Å². The Bertz CT molecular complexity index is 744. The molecule has 2 fully saturated rings. The van der Waals surface area contributed by atoms with Gasteiger partial charge in [-0.25, -0.2) is 4.79 Å². The number of hydrogen-bond donors (Lipinski definition) is 1. The zero-order chi connectivity index (χ0) is 19.0. The molecule has 0 spiro atoms. The zero-order valence-corrected chi connectivity index (χ0v) is 14.7. The topological polar surface area (TPSA) is 71.1 Å². The average Bonchev–Trinajstić information content (AvgIpc) is 3.27. The largest absolute Gasteiger partial charge is 0.586 e. The maximum absolute atomic E-state index is 13.1. The molecule has 1 aromatic carbocycles. The molecule has 7 nitrogen and oxygen atoms in total. The van der Waals surface area contributed by atoms with Crippen LogP contribution in [0.15, 0.2) is 18.2 Å². The highest BCUT2D eigenvalue weighted by Crippen LogP contribution is 2.42. The first-order valence-electron chi connectivity index (χ1n) is 9.16. The number of ether oxygens (including phenoxy) is 2. The molecule has 0 unspecified atom stereocenters. The molecule has 3 amide bonds. The number of nitrogens with one attached hydrogen (secondary N) is 1. The molecule has 0 bridgehead atoms. The minimum absolute atomic E-state index is 0.0584. The Morgan fingerprint density at radius 3 is 2.33 bits per heavy atom. The van der Waals surface area contributed by atoms with Gasteiger partial charge in [0.2, 0.25) is 5.91 Å². The molecular weight excluding hydrogens is 360 g/mol. The third-order valence-electron chi connectivity index (χ3n) is 5.18. The first-order valence-corrected chi connectivity index (χ1v) is 9.16. The van der Waals surface area contributed by atoms with Gasteiger partial charge in [-0.1, -0.05) is 0 Å². The molecule has 2 saturated heterocycles. The van der Waals surface area contributed by atoms with Crippen LogP contribution < -0.4 is 14.8 Å². The summed E-state index contributed by atoms with van der Waals surface area (Å²) in [6, 6.07) is 4.21. The number of carbonyl (C=O) groups is 2. The molecule has 0 radical (unpaired) electrons. The van der Waals surface area contributed by atoms with Crippen LogP contribution in [0.25, 0.3) is 0 Å². The Kier molecular flexibility index (Phi) is 4.53. The number of hydrogen-bond acceptors (Lipinski definition) is 4. The predicted molar refractivity (Wildman–Crippen MR) is 91.8 cm³/mol. The van der Waals surface area contributed by atoms with Crippen molar-refractivity contribution in [1.29, 1.82) is 0 Å². The van der Waals surface area contributed by atoms with Gasteiger partial charge in [-0.3, -0.25) is 4.79 Å². The molecule has 3 heterocycles. The van der Waals surface area contributed by atoms with Crippen LogP contribution in [0.4, 0.5) is 19.3 Å². The number of benzene rings is 1. The second-order valence-electron chi connectivity index (χ2n) is 7.06. The molecule has 4 rings (SSSR count). The van der Waals surface area contributed by atoms with Crippen molar-refractivity contribution in [3.63, 3.8) is 0 Å². The van der Waals surface area contributed by atoms with E-state index >= 15 is 0 Å². The summed E-state index contributed by atoms with van der Waals surface area (Å²) in [4.78, 5) is 28.5. The normalized spacial score (nSPS) is 21.4. The minimum Gasteiger partial charge on any atom is -0.395 e. The first kappa shape index (κ1) is 17.8. The van der Waals surface area contributed by atoms with Crippen LogP contribution in [-0.2, 0) is 4.79 Å². The lowest BCUT2D eigenvalue weighted by Gasteiger charge is -2.34. The van der Waals surface area contributed by atoms with Crippen LogP contribution in [0.1, 0.15) is 25.7 Å². The molecule has 3 aliphatic heterocycles. The Labute approximate surface area is 155 Å². The number of anilines is 1. The van der Waals surface area contributed by atoms with Crippen LogP contribution in [0.5, 0.6) is 11.5 Å². The van der Waals surface area contributed by atoms with Crippen molar-refractivity contribution in [2.75, 3.05) is 31.5 Å². The fourth-order valence-electron chi connectivity index (χ4n) is 3.71. The number of amides is 3. The van der Waals surface area contributed by atoms with E-state index in [2.05, 4.69) is 14.8 Å². The van der Waals surface area contributed by atoms with E-state index in [0.29, 0.717) is 31.6 Å². The lowest BCUT2D eigenvalue weighted by molar-refractivity contribution is -0.286. The number of alkyl halides is 2. The minimum atomic E-state index is -3.68. The van der Waals surface area contributed by atoms with Gasteiger partial charge in [0.05, 0.1) is 0 Å². The standard InChI is InChI=1S/C18H21F2N3O4/c19-18(20)26-14-4-3-13(11-15(14)27-18)21-16(24)12-5-9-23(10-6-12)17(25)22-7-1-2-8-22/h3-4,11-12H,1-2,5-10H2,(H,21,24). The number of carbonyl (C=O) groups excluding carboxylic acids is 2. The molecule has 0 aliphatic carbocycles. The highest BCUT2D eigenvalue weighted by Gasteiger charge is 2.43. The molecule has 1 N–H and O–H groups in total. The molecular formula is C18H21F2N3O4. The molecule has 3 aliphatic rings. The van der Waals surface area contributed by atoms with E-state index in [0.717, 1.165) is 25.9 Å². The molecule has 1 aromatic rings. The van der Waals surface area contributed by atoms with Gasteiger partial charge in [0.15, 0.2) is 11.5 Å². The van der Waals surface area contributed by atoms with Crippen LogP contribution in [-0.4, -0.2) is 54.2 Å². The van der Waals surface area contributed by atoms with E-state index in [9.17, 15) is 18.4 Å². The highest BCUT2D eigenvalue weighted by molar-refractivity contribution is 5.93. The fraction of sp³-hybridized carbons (Fsp3) is 0.556. The summed E-state index contributed by atoms with van der Waals surface area (Å²) in [7, 11) is 0. The van der Waals surface area contributed by atoms with Crippen molar-refractivity contribution in [1.82, 2.24) is 9.80 Å². The number of likely N-dealkylation sites (tertiary alicyclic amines) is 2. The lowest BCUT2D eigenvalue weighted by atomic mass is 9.96. The van der Waals surface area contributed by atoms with Crippen molar-refractivity contribution in [3.05, 3.63) is 18.2 Å². The average molecular weight is 381 g/mol. The van der Waals surface area contributed by atoms with Crippen LogP contribution in [0.2, 0.25) is 0 Å². The maximum Gasteiger partial charge on any atom is 0.586 e. The predicted octanol–water partition coefficient (Wildman–Crippen LogP) is 2.87. The van der Waals surface area contributed by atoms with E-state index in [-0.39, 0.29) is 29.4 Å². The van der Waals surface area contributed by atoms with Crippen LogP contribution in [0.3, 0.4) is 0 Å². The fourth-order valence-corrected chi connectivity index (χ4v) is 3.71. The van der Waals surface area contributed by atoms with E-state index in [1.807, 2.05) is 4.90 Å². The number of nitrogens with zero attached hydrogens (tertiary/aromatic N) is 2. The monoisotopic (exact) mass is 381 g/mol. The summed E-state index contributed by atoms with van der Waals surface area (Å²) in [5.41, 5.74) is 0.371. The number of fused-ring (bicyclic) bond motifs is 1. The zero-order valence-electron chi connectivity index (χ0n) is 14.7. The van der Waals surface area contributed by atoms with Gasteiger partial charge in [-0.05, 0) is 37.8 Å². The van der Waals surface area contributed by atoms with Crippen molar-refractivity contribution >= 4 is 17.6 Å². The molecule has 27 heavy (non-hydrogen) atoms. The van der Waals surface area contributed by atoms with Crippen LogP contribution in [0, 0.1) is 5.92 Å². The Morgan fingerprint density at radius 2 is 1.63 bits per heavy atom. The summed E-state index contributed by atoms with van der Waals surface area (Å²) in [5, 5.41) is 2.73. The van der Waals surface area contributed by atoms with Crippen molar-refractivity contribution in [2.24, 2.45) is 5.92 Å². The summed E-state index contributed by atoms with van der Waals surface area (Å²) < 4.78 is 34.9. The van der Waals surface area contributed by atoms with Gasteiger partial charge in [-0.2, -0.15) is 0 Å². The first-order chi connectivity index (χ1) is 12.9. The SMILES string of the molecule is O=C(Nc1ccc2c(c1)OC(F)(F)O2)C1CCN(C(=O)N2CCCC2)CC1. The second kappa shape index (κ2) is 6.86. The number of halogens is 2. The molecule has 0 saturated carbocycles. The molecule has 9 heteroatoms. The molecule has 0 aromatic heterocycles. The Hall–Kier alpha value is -2.58. The number of piperidine rings is 1. The summed E-state index contributed by atoms with van der Waals surface area (Å²) in [5.74, 6) is -0.580. The quantitative estimate of drug-likeness (QED) is 0.855. The van der Waals surface area contributed by atoms with Gasteiger partial charge in [0.1, 0.15) is 0 Å². The second-order valence-corrected chi connectivity index (χ2v) is 7.06. The number of urea groups is 1. The van der Waals surface area contributed by atoms with Crippen LogP contribution >= 0.6 is 0 Å². The van der Waals surface area contributed by atoms with Gasteiger partial charge in [0, 0.05) is 43.9 Å². The maximum atomic E-state index is 13.1. The Balaban J connectivity index is 1.31. The smallest absolute Gasteiger partial charge is 0.395 e. The lowest BCUT2D eigenvalue weighted by Crippen LogP contribution is -2.47.